The molecule has 0 heterocycles. The average Bonchev–Trinajstić information content (AvgIpc) is 2.03. The van der Waals surface area contributed by atoms with Crippen molar-refractivity contribution in [1.29, 1.82) is 0 Å². The fourth-order valence-electron chi connectivity index (χ4n) is 0.492. The van der Waals surface area contributed by atoms with Gasteiger partial charge in [0, 0.05) is 13.3 Å². The van der Waals surface area contributed by atoms with E-state index in [0.29, 0.717) is 13.0 Å². The number of carbonyl (C=O) groups excluding carboxylic acids is 2. The Bertz CT molecular complexity index is 174. The van der Waals surface area contributed by atoms with Crippen LogP contribution in [0.25, 0.3) is 0 Å². The minimum Gasteiger partial charge on any atom is -0.502 e. The first-order valence-electron chi connectivity index (χ1n) is 3.58. The number of hydrogen-bond acceptors (Lipinski definition) is 4. The number of carbonyl (C=O) groups is 2. The number of esters is 1. The highest BCUT2D eigenvalue weighted by Gasteiger charge is 2.07. The topological polar surface area (TPSA) is 52.6 Å². The lowest BCUT2D eigenvalue weighted by molar-refractivity contribution is -0.153. The molecule has 0 aromatic carbocycles. The molecule has 0 unspecified atom stereocenters. The lowest BCUT2D eigenvalue weighted by Gasteiger charge is -2.01. The SMILES string of the molecule is C=COCCCOC(=O)C(C)=O. The second-order valence-electron chi connectivity index (χ2n) is 2.08. The second kappa shape index (κ2) is 6.39. The predicted octanol–water partition coefficient (Wildman–Crippen LogP) is 0.669. The fourth-order valence-corrected chi connectivity index (χ4v) is 0.492. The molecule has 0 saturated carbocycles. The van der Waals surface area contributed by atoms with E-state index in [2.05, 4.69) is 11.3 Å². The largest absolute Gasteiger partial charge is 0.502 e. The van der Waals surface area contributed by atoms with Gasteiger partial charge in [0.2, 0.25) is 5.78 Å². The van der Waals surface area contributed by atoms with Gasteiger partial charge in [-0.2, -0.15) is 0 Å². The van der Waals surface area contributed by atoms with Gasteiger partial charge in [-0.25, -0.2) is 4.79 Å². The van der Waals surface area contributed by atoms with Crippen LogP contribution in [0.15, 0.2) is 12.8 Å². The maximum absolute atomic E-state index is 10.5. The summed E-state index contributed by atoms with van der Waals surface area (Å²) in [5, 5.41) is 0. The van der Waals surface area contributed by atoms with Crippen molar-refractivity contribution in [3.8, 4) is 0 Å². The van der Waals surface area contributed by atoms with Gasteiger partial charge in [0.05, 0.1) is 19.5 Å². The molecule has 12 heavy (non-hydrogen) atoms. The Morgan fingerprint density at radius 3 is 2.58 bits per heavy atom. The Labute approximate surface area is 71.2 Å². The third-order valence-electron chi connectivity index (χ3n) is 1.04. The number of rotatable bonds is 6. The van der Waals surface area contributed by atoms with Crippen molar-refractivity contribution in [1.82, 2.24) is 0 Å². The van der Waals surface area contributed by atoms with E-state index in [1.54, 1.807) is 0 Å². The first kappa shape index (κ1) is 10.7. The molecule has 0 amide bonds. The van der Waals surface area contributed by atoms with Crippen LogP contribution in [0.4, 0.5) is 0 Å². The van der Waals surface area contributed by atoms with E-state index in [1.165, 1.54) is 13.2 Å². The van der Waals surface area contributed by atoms with Gasteiger partial charge in [-0.1, -0.05) is 6.58 Å². The zero-order valence-corrected chi connectivity index (χ0v) is 7.04. The Hall–Kier alpha value is -1.32. The summed E-state index contributed by atoms with van der Waals surface area (Å²) in [6, 6.07) is 0. The molecule has 0 aromatic rings. The molecule has 0 radical (unpaired) electrons. The Morgan fingerprint density at radius 1 is 1.42 bits per heavy atom. The molecule has 0 rings (SSSR count). The van der Waals surface area contributed by atoms with Crippen LogP contribution < -0.4 is 0 Å². The van der Waals surface area contributed by atoms with E-state index in [1.807, 2.05) is 0 Å². The molecule has 0 bridgehead atoms. The van der Waals surface area contributed by atoms with Crippen LogP contribution in [-0.4, -0.2) is 25.0 Å². The highest BCUT2D eigenvalue weighted by Crippen LogP contribution is 1.87. The molecule has 0 saturated heterocycles. The van der Waals surface area contributed by atoms with Gasteiger partial charge in [-0.3, -0.25) is 4.79 Å². The molecule has 0 aliphatic rings. The summed E-state index contributed by atoms with van der Waals surface area (Å²) in [5.74, 6) is -1.38. The van der Waals surface area contributed by atoms with Gasteiger partial charge in [0.15, 0.2) is 0 Å². The molecule has 0 N–H and O–H groups in total. The van der Waals surface area contributed by atoms with Crippen molar-refractivity contribution in [2.75, 3.05) is 13.2 Å². The molecule has 4 nitrogen and oxygen atoms in total. The number of Topliss-reactive ketones (excluding diaryl/α,β-unsaturated/α-hetero) is 1. The molecule has 0 fully saturated rings. The summed E-state index contributed by atoms with van der Waals surface area (Å²) in [7, 11) is 0. The van der Waals surface area contributed by atoms with Crippen molar-refractivity contribution < 1.29 is 19.1 Å². The van der Waals surface area contributed by atoms with E-state index in [9.17, 15) is 9.59 Å². The lowest BCUT2D eigenvalue weighted by Crippen LogP contribution is -2.14. The van der Waals surface area contributed by atoms with Gasteiger partial charge in [-0.05, 0) is 0 Å². The van der Waals surface area contributed by atoms with E-state index in [4.69, 9.17) is 4.74 Å². The van der Waals surface area contributed by atoms with E-state index in [0.717, 1.165) is 0 Å². The van der Waals surface area contributed by atoms with Crippen LogP contribution in [0.3, 0.4) is 0 Å². The van der Waals surface area contributed by atoms with E-state index in [-0.39, 0.29) is 6.61 Å². The van der Waals surface area contributed by atoms with Crippen molar-refractivity contribution in [2.24, 2.45) is 0 Å². The van der Waals surface area contributed by atoms with Gasteiger partial charge in [0.25, 0.3) is 0 Å². The molecule has 0 aromatic heterocycles. The average molecular weight is 172 g/mol. The monoisotopic (exact) mass is 172 g/mol. The van der Waals surface area contributed by atoms with Crippen molar-refractivity contribution in [3.63, 3.8) is 0 Å². The minimum atomic E-state index is -0.798. The first-order chi connectivity index (χ1) is 5.68. The summed E-state index contributed by atoms with van der Waals surface area (Å²) in [5.41, 5.74) is 0. The van der Waals surface area contributed by atoms with E-state index < -0.39 is 11.8 Å². The van der Waals surface area contributed by atoms with Gasteiger partial charge in [-0.15, -0.1) is 0 Å². The maximum Gasteiger partial charge on any atom is 0.374 e. The third kappa shape index (κ3) is 5.46. The molecular weight excluding hydrogens is 160 g/mol. The van der Waals surface area contributed by atoms with Crippen LogP contribution in [0.5, 0.6) is 0 Å². The third-order valence-corrected chi connectivity index (χ3v) is 1.04. The molecule has 68 valence electrons. The number of ketones is 1. The van der Waals surface area contributed by atoms with Crippen molar-refractivity contribution in [2.45, 2.75) is 13.3 Å². The van der Waals surface area contributed by atoms with Crippen LogP contribution in [0.1, 0.15) is 13.3 Å². The van der Waals surface area contributed by atoms with Gasteiger partial charge in [0.1, 0.15) is 0 Å². The number of ether oxygens (including phenoxy) is 2. The standard InChI is InChI=1S/C8H12O4/c1-3-11-5-4-6-12-8(10)7(2)9/h3H,1,4-6H2,2H3. The highest BCUT2D eigenvalue weighted by atomic mass is 16.5. The van der Waals surface area contributed by atoms with Crippen LogP contribution >= 0.6 is 0 Å². The smallest absolute Gasteiger partial charge is 0.374 e. The second-order valence-corrected chi connectivity index (χ2v) is 2.08. The summed E-state index contributed by atoms with van der Waals surface area (Å²) in [6.45, 7) is 5.15. The summed E-state index contributed by atoms with van der Waals surface area (Å²) >= 11 is 0. The predicted molar refractivity (Wildman–Crippen MR) is 42.4 cm³/mol. The van der Waals surface area contributed by atoms with Crippen molar-refractivity contribution >= 4 is 11.8 Å². The van der Waals surface area contributed by atoms with Crippen LogP contribution in [0.2, 0.25) is 0 Å². The van der Waals surface area contributed by atoms with E-state index >= 15 is 0 Å². The minimum absolute atomic E-state index is 0.201. The fraction of sp³-hybridized carbons (Fsp3) is 0.500. The summed E-state index contributed by atoms with van der Waals surface area (Å²) < 4.78 is 9.31. The lowest BCUT2D eigenvalue weighted by atomic mass is 10.4. The molecular formula is C8H12O4. The molecule has 4 heteroatoms. The van der Waals surface area contributed by atoms with Gasteiger partial charge < -0.3 is 9.47 Å². The molecule has 0 atom stereocenters. The maximum atomic E-state index is 10.5. The molecule has 0 aliphatic carbocycles. The molecule has 0 aliphatic heterocycles. The summed E-state index contributed by atoms with van der Waals surface area (Å²) in [4.78, 5) is 20.9. The Balaban J connectivity index is 3.25. The quantitative estimate of drug-likeness (QED) is 0.256. The zero-order chi connectivity index (χ0) is 9.40. The van der Waals surface area contributed by atoms with Crippen molar-refractivity contribution in [3.05, 3.63) is 12.8 Å². The Kier molecular flexibility index (Phi) is 5.69. The van der Waals surface area contributed by atoms with Gasteiger partial charge >= 0.3 is 5.97 Å². The molecule has 0 spiro atoms. The highest BCUT2D eigenvalue weighted by molar-refractivity contribution is 6.32. The number of hydrogen-bond donors (Lipinski definition) is 0. The van der Waals surface area contributed by atoms with Crippen LogP contribution in [0, 0.1) is 0 Å². The normalized spacial score (nSPS) is 8.75. The zero-order valence-electron chi connectivity index (χ0n) is 7.04. The van der Waals surface area contributed by atoms with Crippen LogP contribution in [-0.2, 0) is 19.1 Å². The Morgan fingerprint density at radius 2 is 2.08 bits per heavy atom. The first-order valence-corrected chi connectivity index (χ1v) is 3.58. The summed E-state index contributed by atoms with van der Waals surface area (Å²) in [6.07, 6.45) is 1.87.